The van der Waals surface area contributed by atoms with E-state index in [0.29, 0.717) is 5.92 Å². The Bertz CT molecular complexity index is 345. The predicted molar refractivity (Wildman–Crippen MR) is 79.2 cm³/mol. The lowest BCUT2D eigenvalue weighted by Gasteiger charge is -2.20. The van der Waals surface area contributed by atoms with E-state index in [0.717, 1.165) is 29.4 Å². The van der Waals surface area contributed by atoms with Gasteiger partial charge in [0.25, 0.3) is 0 Å². The quantitative estimate of drug-likeness (QED) is 0.741. The Labute approximate surface area is 118 Å². The first-order chi connectivity index (χ1) is 8.56. The average Bonchev–Trinajstić information content (AvgIpc) is 2.28. The van der Waals surface area contributed by atoms with Gasteiger partial charge in [0.05, 0.1) is 0 Å². The molecule has 102 valence electrons. The first-order valence-electron chi connectivity index (χ1n) is 6.73. The van der Waals surface area contributed by atoms with Gasteiger partial charge < -0.3 is 5.32 Å². The molecule has 1 aromatic rings. The van der Waals surface area contributed by atoms with E-state index in [2.05, 4.69) is 42.0 Å². The zero-order valence-corrected chi connectivity index (χ0v) is 13.1. The summed E-state index contributed by atoms with van der Waals surface area (Å²) >= 11 is 3.46. The molecule has 0 aliphatic carbocycles. The van der Waals surface area contributed by atoms with Crippen molar-refractivity contribution in [3.8, 4) is 0 Å². The van der Waals surface area contributed by atoms with Gasteiger partial charge >= 0.3 is 0 Å². The normalized spacial score (nSPS) is 13.0. The lowest BCUT2D eigenvalue weighted by atomic mass is 9.97. The second kappa shape index (κ2) is 7.90. The third-order valence-corrected chi connectivity index (χ3v) is 3.76. The van der Waals surface area contributed by atoms with E-state index in [9.17, 15) is 4.39 Å². The summed E-state index contributed by atoms with van der Waals surface area (Å²) in [6, 6.07) is 5.28. The Morgan fingerprint density at radius 3 is 2.56 bits per heavy atom. The molecule has 1 rings (SSSR count). The van der Waals surface area contributed by atoms with Gasteiger partial charge in [-0.3, -0.25) is 0 Å². The molecule has 1 aromatic carbocycles. The van der Waals surface area contributed by atoms with Crippen LogP contribution in [0.15, 0.2) is 22.7 Å². The van der Waals surface area contributed by atoms with E-state index < -0.39 is 0 Å². The van der Waals surface area contributed by atoms with Crippen molar-refractivity contribution < 1.29 is 4.39 Å². The molecule has 0 aliphatic heterocycles. The molecule has 1 nitrogen and oxygen atoms in total. The van der Waals surface area contributed by atoms with Crippen molar-refractivity contribution in [1.29, 1.82) is 0 Å². The molecule has 0 amide bonds. The van der Waals surface area contributed by atoms with Crippen LogP contribution in [-0.2, 0) is 0 Å². The van der Waals surface area contributed by atoms with Crippen LogP contribution in [0.1, 0.15) is 51.6 Å². The molecule has 1 unspecified atom stereocenters. The van der Waals surface area contributed by atoms with Crippen molar-refractivity contribution in [2.75, 3.05) is 6.54 Å². The largest absolute Gasteiger partial charge is 0.310 e. The van der Waals surface area contributed by atoms with Crippen molar-refractivity contribution in [3.05, 3.63) is 34.1 Å². The highest BCUT2D eigenvalue weighted by Crippen LogP contribution is 2.29. The number of hydrogen-bond acceptors (Lipinski definition) is 1. The molecular formula is C15H23BrFN. The molecule has 0 spiro atoms. The smallest absolute Gasteiger partial charge is 0.129 e. The predicted octanol–water partition coefficient (Wildman–Crippen LogP) is 5.07. The third-order valence-electron chi connectivity index (χ3n) is 3.07. The van der Waals surface area contributed by atoms with Crippen LogP contribution in [0.4, 0.5) is 4.39 Å². The summed E-state index contributed by atoms with van der Waals surface area (Å²) < 4.78 is 14.8. The van der Waals surface area contributed by atoms with E-state index in [-0.39, 0.29) is 11.9 Å². The highest BCUT2D eigenvalue weighted by molar-refractivity contribution is 9.10. The van der Waals surface area contributed by atoms with E-state index in [4.69, 9.17) is 0 Å². The van der Waals surface area contributed by atoms with Crippen LogP contribution < -0.4 is 5.32 Å². The lowest BCUT2D eigenvalue weighted by molar-refractivity contribution is 0.440. The van der Waals surface area contributed by atoms with Crippen molar-refractivity contribution >= 4 is 15.9 Å². The Morgan fingerprint density at radius 1 is 1.28 bits per heavy atom. The molecule has 0 radical (unpaired) electrons. The van der Waals surface area contributed by atoms with Gasteiger partial charge in [0.15, 0.2) is 0 Å². The fourth-order valence-corrected chi connectivity index (χ4v) is 2.79. The summed E-state index contributed by atoms with van der Waals surface area (Å²) in [6.07, 6.45) is 3.29. The van der Waals surface area contributed by atoms with E-state index in [1.807, 2.05) is 6.07 Å². The van der Waals surface area contributed by atoms with Crippen molar-refractivity contribution in [1.82, 2.24) is 5.32 Å². The highest BCUT2D eigenvalue weighted by atomic mass is 79.9. The molecule has 0 fully saturated rings. The van der Waals surface area contributed by atoms with Crippen LogP contribution in [0.2, 0.25) is 0 Å². The molecule has 0 bridgehead atoms. The van der Waals surface area contributed by atoms with E-state index >= 15 is 0 Å². The number of hydrogen-bond donors (Lipinski definition) is 1. The molecule has 0 aliphatic rings. The zero-order chi connectivity index (χ0) is 13.5. The van der Waals surface area contributed by atoms with Crippen LogP contribution >= 0.6 is 15.9 Å². The van der Waals surface area contributed by atoms with Gasteiger partial charge in [-0.15, -0.1) is 0 Å². The maximum absolute atomic E-state index is 13.9. The van der Waals surface area contributed by atoms with Gasteiger partial charge in [-0.2, -0.15) is 0 Å². The summed E-state index contributed by atoms with van der Waals surface area (Å²) in [5.41, 5.74) is 0.767. The molecule has 0 aromatic heterocycles. The van der Waals surface area contributed by atoms with Crippen LogP contribution in [0.25, 0.3) is 0 Å². The zero-order valence-electron chi connectivity index (χ0n) is 11.5. The number of nitrogens with one attached hydrogen (secondary N) is 1. The fraction of sp³-hybridized carbons (Fsp3) is 0.600. The van der Waals surface area contributed by atoms with Crippen molar-refractivity contribution in [3.63, 3.8) is 0 Å². The first-order valence-corrected chi connectivity index (χ1v) is 7.52. The van der Waals surface area contributed by atoms with Gasteiger partial charge in [0.2, 0.25) is 0 Å². The minimum atomic E-state index is -0.125. The first kappa shape index (κ1) is 15.6. The summed E-state index contributed by atoms with van der Waals surface area (Å²) in [7, 11) is 0. The molecule has 1 atom stereocenters. The summed E-state index contributed by atoms with van der Waals surface area (Å²) in [4.78, 5) is 0. The average molecular weight is 316 g/mol. The molecule has 3 heteroatoms. The molecule has 1 N–H and O–H groups in total. The standard InChI is InChI=1S/C15H23BrFN/c1-4-18-14(10-5-7-11(2)3)15-12(16)8-6-9-13(15)17/h6,8-9,11,14,18H,4-5,7,10H2,1-3H3. The summed E-state index contributed by atoms with van der Waals surface area (Å²) in [5, 5.41) is 3.38. The molecule has 0 saturated heterocycles. The molecular weight excluding hydrogens is 293 g/mol. The van der Waals surface area contributed by atoms with Crippen LogP contribution in [0, 0.1) is 11.7 Å². The second-order valence-corrected chi connectivity index (χ2v) is 5.92. The van der Waals surface area contributed by atoms with Gasteiger partial charge in [-0.25, -0.2) is 4.39 Å². The Hall–Kier alpha value is -0.410. The van der Waals surface area contributed by atoms with Gasteiger partial charge in [0, 0.05) is 16.1 Å². The number of halogens is 2. The van der Waals surface area contributed by atoms with Gasteiger partial charge in [0.1, 0.15) is 5.82 Å². The Balaban J connectivity index is 2.77. The third kappa shape index (κ3) is 4.69. The number of benzene rings is 1. The van der Waals surface area contributed by atoms with E-state index in [1.165, 1.54) is 12.5 Å². The van der Waals surface area contributed by atoms with Gasteiger partial charge in [-0.05, 0) is 31.0 Å². The van der Waals surface area contributed by atoms with E-state index in [1.54, 1.807) is 6.07 Å². The fourth-order valence-electron chi connectivity index (χ4n) is 2.17. The van der Waals surface area contributed by atoms with Crippen molar-refractivity contribution in [2.24, 2.45) is 5.92 Å². The SMILES string of the molecule is CCNC(CCCC(C)C)c1c(F)cccc1Br. The number of rotatable bonds is 7. The van der Waals surface area contributed by atoms with Gasteiger partial charge in [-0.1, -0.05) is 55.6 Å². The topological polar surface area (TPSA) is 12.0 Å². The maximum Gasteiger partial charge on any atom is 0.129 e. The summed E-state index contributed by atoms with van der Waals surface area (Å²) in [5.74, 6) is 0.580. The monoisotopic (exact) mass is 315 g/mol. The summed E-state index contributed by atoms with van der Waals surface area (Å²) in [6.45, 7) is 7.36. The lowest BCUT2D eigenvalue weighted by Crippen LogP contribution is -2.22. The van der Waals surface area contributed by atoms with Crippen LogP contribution in [-0.4, -0.2) is 6.54 Å². The molecule has 0 saturated carbocycles. The van der Waals surface area contributed by atoms with Crippen LogP contribution in [0.3, 0.4) is 0 Å². The minimum Gasteiger partial charge on any atom is -0.310 e. The van der Waals surface area contributed by atoms with Crippen molar-refractivity contribution in [2.45, 2.75) is 46.1 Å². The Kier molecular flexibility index (Phi) is 6.87. The minimum absolute atomic E-state index is 0.101. The maximum atomic E-state index is 13.9. The highest BCUT2D eigenvalue weighted by Gasteiger charge is 2.17. The molecule has 0 heterocycles. The Morgan fingerprint density at radius 2 is 2.00 bits per heavy atom. The van der Waals surface area contributed by atoms with Crippen LogP contribution in [0.5, 0.6) is 0 Å². The molecule has 18 heavy (non-hydrogen) atoms. The second-order valence-electron chi connectivity index (χ2n) is 5.07.